The normalized spacial score (nSPS) is 12.1. The molecule has 0 fully saturated rings. The summed E-state index contributed by atoms with van der Waals surface area (Å²) in [5.74, 6) is 1.64. The third-order valence-corrected chi connectivity index (χ3v) is 12.9. The molecule has 0 rings (SSSR count). The molecular formula is C57H110O6. The van der Waals surface area contributed by atoms with Gasteiger partial charge in [0.15, 0.2) is 6.10 Å². The van der Waals surface area contributed by atoms with Crippen molar-refractivity contribution in [3.8, 4) is 0 Å². The van der Waals surface area contributed by atoms with Gasteiger partial charge in [0.25, 0.3) is 0 Å². The molecule has 0 N–H and O–H groups in total. The van der Waals surface area contributed by atoms with Gasteiger partial charge in [-0.2, -0.15) is 0 Å². The molecule has 0 bridgehead atoms. The van der Waals surface area contributed by atoms with Crippen LogP contribution in [0, 0.1) is 17.8 Å². The molecule has 0 unspecified atom stereocenters. The lowest BCUT2D eigenvalue weighted by Gasteiger charge is -2.18. The molecule has 6 heteroatoms. The molecule has 0 aliphatic carbocycles. The molecule has 0 amide bonds. The Labute approximate surface area is 393 Å². The van der Waals surface area contributed by atoms with Crippen molar-refractivity contribution in [1.29, 1.82) is 0 Å². The summed E-state index contributed by atoms with van der Waals surface area (Å²) >= 11 is 0. The van der Waals surface area contributed by atoms with Crippen LogP contribution in [0.5, 0.6) is 0 Å². The highest BCUT2D eigenvalue weighted by Crippen LogP contribution is 2.18. The Bertz CT molecular complexity index is 976. The van der Waals surface area contributed by atoms with Gasteiger partial charge in [0.05, 0.1) is 0 Å². The summed E-state index contributed by atoms with van der Waals surface area (Å²) in [4.78, 5) is 38.1. The van der Waals surface area contributed by atoms with Crippen molar-refractivity contribution >= 4 is 17.9 Å². The first-order valence-corrected chi connectivity index (χ1v) is 28.1. The molecule has 0 spiro atoms. The average molecular weight is 892 g/mol. The molecule has 374 valence electrons. The first kappa shape index (κ1) is 61.4. The molecule has 0 saturated heterocycles. The van der Waals surface area contributed by atoms with Crippen molar-refractivity contribution in [3.63, 3.8) is 0 Å². The van der Waals surface area contributed by atoms with E-state index in [-0.39, 0.29) is 31.1 Å². The van der Waals surface area contributed by atoms with Crippen molar-refractivity contribution in [2.75, 3.05) is 13.2 Å². The van der Waals surface area contributed by atoms with E-state index in [1.165, 1.54) is 193 Å². The number of rotatable bonds is 50. The zero-order valence-corrected chi connectivity index (χ0v) is 43.4. The van der Waals surface area contributed by atoms with Gasteiger partial charge in [-0.3, -0.25) is 14.4 Å². The standard InChI is InChI=1S/C57H110O6/c1-51(2)43-37-31-25-19-15-11-8-7-9-13-18-22-30-36-42-48-57(60)63-54(50-62-56(59)47-41-35-29-24-23-27-33-39-45-53(5)6)49-61-55(58)46-40-34-28-21-17-14-10-12-16-20-26-32-38-44-52(3)4/h51-54H,7-50H2,1-6H3/t54-/m0/s1. The number of hydrogen-bond donors (Lipinski definition) is 0. The second kappa shape index (κ2) is 48.3. The van der Waals surface area contributed by atoms with E-state index in [2.05, 4.69) is 41.5 Å². The summed E-state index contributed by atoms with van der Waals surface area (Å²) in [7, 11) is 0. The summed E-state index contributed by atoms with van der Waals surface area (Å²) in [6.07, 6.45) is 49.5. The molecule has 0 aliphatic rings. The monoisotopic (exact) mass is 891 g/mol. The number of carbonyl (C=O) groups excluding carboxylic acids is 3. The lowest BCUT2D eigenvalue weighted by atomic mass is 10.0. The molecule has 63 heavy (non-hydrogen) atoms. The largest absolute Gasteiger partial charge is 0.462 e. The highest BCUT2D eigenvalue weighted by atomic mass is 16.6. The molecule has 6 nitrogen and oxygen atoms in total. The maximum atomic E-state index is 12.8. The van der Waals surface area contributed by atoms with Crippen LogP contribution in [0.1, 0.15) is 311 Å². The Balaban J connectivity index is 4.28. The maximum absolute atomic E-state index is 12.8. The van der Waals surface area contributed by atoms with Gasteiger partial charge in [0.2, 0.25) is 0 Å². The Morgan fingerprint density at radius 2 is 0.460 bits per heavy atom. The van der Waals surface area contributed by atoms with Gasteiger partial charge in [0.1, 0.15) is 13.2 Å². The molecule has 0 saturated carbocycles. The number of unbranched alkanes of at least 4 members (excludes halogenated alkanes) is 33. The quantitative estimate of drug-likeness (QED) is 0.0344. The van der Waals surface area contributed by atoms with E-state index in [1.54, 1.807) is 0 Å². The highest BCUT2D eigenvalue weighted by molar-refractivity contribution is 5.71. The second-order valence-corrected chi connectivity index (χ2v) is 21.0. The third kappa shape index (κ3) is 51.3. The number of hydrogen-bond acceptors (Lipinski definition) is 6. The third-order valence-electron chi connectivity index (χ3n) is 12.9. The van der Waals surface area contributed by atoms with Crippen LogP contribution in [0.2, 0.25) is 0 Å². The summed E-state index contributed by atoms with van der Waals surface area (Å²) in [6.45, 7) is 13.7. The summed E-state index contributed by atoms with van der Waals surface area (Å²) in [6, 6.07) is 0. The first-order valence-electron chi connectivity index (χ1n) is 28.1. The van der Waals surface area contributed by atoms with Gasteiger partial charge in [-0.15, -0.1) is 0 Å². The molecule has 0 radical (unpaired) electrons. The lowest BCUT2D eigenvalue weighted by molar-refractivity contribution is -0.167. The van der Waals surface area contributed by atoms with Crippen molar-refractivity contribution < 1.29 is 28.6 Å². The Morgan fingerprint density at radius 3 is 0.683 bits per heavy atom. The van der Waals surface area contributed by atoms with Crippen LogP contribution in [0.3, 0.4) is 0 Å². The van der Waals surface area contributed by atoms with Gasteiger partial charge in [-0.1, -0.05) is 273 Å². The molecule has 0 aromatic heterocycles. The fourth-order valence-electron chi connectivity index (χ4n) is 8.65. The predicted octanol–water partition coefficient (Wildman–Crippen LogP) is 18.3. The molecule has 0 heterocycles. The van der Waals surface area contributed by atoms with Gasteiger partial charge >= 0.3 is 17.9 Å². The Hall–Kier alpha value is -1.59. The van der Waals surface area contributed by atoms with E-state index in [0.29, 0.717) is 19.3 Å². The highest BCUT2D eigenvalue weighted by Gasteiger charge is 2.19. The fourth-order valence-corrected chi connectivity index (χ4v) is 8.65. The molecule has 0 aliphatic heterocycles. The summed E-state index contributed by atoms with van der Waals surface area (Å²) in [5, 5.41) is 0. The van der Waals surface area contributed by atoms with E-state index in [1.807, 2.05) is 0 Å². The second-order valence-electron chi connectivity index (χ2n) is 21.0. The maximum Gasteiger partial charge on any atom is 0.306 e. The van der Waals surface area contributed by atoms with E-state index in [4.69, 9.17) is 14.2 Å². The van der Waals surface area contributed by atoms with Crippen LogP contribution in [0.15, 0.2) is 0 Å². The van der Waals surface area contributed by atoms with Gasteiger partial charge < -0.3 is 14.2 Å². The van der Waals surface area contributed by atoms with Gasteiger partial charge in [-0.05, 0) is 37.0 Å². The zero-order valence-electron chi connectivity index (χ0n) is 43.4. The Morgan fingerprint density at radius 1 is 0.270 bits per heavy atom. The molecular weight excluding hydrogens is 781 g/mol. The molecule has 0 aromatic rings. The number of ether oxygens (including phenoxy) is 3. The van der Waals surface area contributed by atoms with Crippen LogP contribution < -0.4 is 0 Å². The van der Waals surface area contributed by atoms with Crippen molar-refractivity contribution in [2.24, 2.45) is 17.8 Å². The van der Waals surface area contributed by atoms with Crippen LogP contribution in [-0.2, 0) is 28.6 Å². The fraction of sp³-hybridized carbons (Fsp3) is 0.947. The van der Waals surface area contributed by atoms with Crippen LogP contribution >= 0.6 is 0 Å². The smallest absolute Gasteiger partial charge is 0.306 e. The molecule has 0 aromatic carbocycles. The summed E-state index contributed by atoms with van der Waals surface area (Å²) < 4.78 is 16.9. The SMILES string of the molecule is CC(C)CCCCCCCCCCCCCCCCCC(=O)O[C@@H](COC(=O)CCCCCCCCCCCCCCCC(C)C)COC(=O)CCCCCCCCCCC(C)C. The van der Waals surface area contributed by atoms with Crippen LogP contribution in [0.25, 0.3) is 0 Å². The Kier molecular flexibility index (Phi) is 47.1. The minimum atomic E-state index is -0.763. The number of esters is 3. The van der Waals surface area contributed by atoms with Crippen molar-refractivity contribution in [1.82, 2.24) is 0 Å². The summed E-state index contributed by atoms with van der Waals surface area (Å²) in [5.41, 5.74) is 0. The molecule has 1 atom stereocenters. The van der Waals surface area contributed by atoms with E-state index >= 15 is 0 Å². The van der Waals surface area contributed by atoms with Crippen LogP contribution in [-0.4, -0.2) is 37.2 Å². The number of carbonyl (C=O) groups is 3. The van der Waals surface area contributed by atoms with E-state index < -0.39 is 6.10 Å². The topological polar surface area (TPSA) is 78.9 Å². The van der Waals surface area contributed by atoms with Gasteiger partial charge in [0, 0.05) is 19.3 Å². The van der Waals surface area contributed by atoms with E-state index in [9.17, 15) is 14.4 Å². The van der Waals surface area contributed by atoms with Gasteiger partial charge in [-0.25, -0.2) is 0 Å². The van der Waals surface area contributed by atoms with Crippen molar-refractivity contribution in [2.45, 2.75) is 317 Å². The predicted molar refractivity (Wildman–Crippen MR) is 270 cm³/mol. The van der Waals surface area contributed by atoms with E-state index in [0.717, 1.165) is 75.5 Å². The zero-order chi connectivity index (χ0) is 46.3. The average Bonchev–Trinajstić information content (AvgIpc) is 3.24. The van der Waals surface area contributed by atoms with Crippen LogP contribution in [0.4, 0.5) is 0 Å². The van der Waals surface area contributed by atoms with Crippen molar-refractivity contribution in [3.05, 3.63) is 0 Å². The minimum Gasteiger partial charge on any atom is -0.462 e. The first-order chi connectivity index (χ1) is 30.6. The lowest BCUT2D eigenvalue weighted by Crippen LogP contribution is -2.30. The minimum absolute atomic E-state index is 0.0641.